The second-order valence-electron chi connectivity index (χ2n) is 8.70. The Bertz CT molecular complexity index is 1200. The molecule has 2 aromatic carbocycles. The highest BCUT2D eigenvalue weighted by Gasteiger charge is 2.39. The van der Waals surface area contributed by atoms with Crippen LogP contribution in [-0.2, 0) is 20.8 Å². The van der Waals surface area contributed by atoms with Gasteiger partial charge in [0.1, 0.15) is 18.7 Å². The number of aliphatic hydroxyl groups is 1. The van der Waals surface area contributed by atoms with Gasteiger partial charge in [-0.15, -0.1) is 0 Å². The third-order valence-corrected chi connectivity index (χ3v) is 6.16. The van der Waals surface area contributed by atoms with Crippen molar-refractivity contribution in [3.05, 3.63) is 72.4 Å². The molecule has 0 bridgehead atoms. The van der Waals surface area contributed by atoms with Gasteiger partial charge in [0.25, 0.3) is 0 Å². The van der Waals surface area contributed by atoms with Crippen LogP contribution in [0.1, 0.15) is 18.4 Å². The number of aliphatic hydroxyl groups excluding tert-OH is 1. The quantitative estimate of drug-likeness (QED) is 0.386. The Labute approximate surface area is 203 Å². The van der Waals surface area contributed by atoms with Gasteiger partial charge in [-0.2, -0.15) is 0 Å². The number of carbonyl (C=O) groups is 3. The van der Waals surface area contributed by atoms with Gasteiger partial charge < -0.3 is 26.4 Å². The number of nitrogens with zero attached hydrogens (tertiary/aromatic N) is 2. The van der Waals surface area contributed by atoms with E-state index in [1.54, 1.807) is 12.3 Å². The van der Waals surface area contributed by atoms with Crippen LogP contribution in [0.4, 0.5) is 5.69 Å². The van der Waals surface area contributed by atoms with Crippen molar-refractivity contribution in [3.8, 4) is 0 Å². The summed E-state index contributed by atoms with van der Waals surface area (Å²) in [4.78, 5) is 44.1. The summed E-state index contributed by atoms with van der Waals surface area (Å²) < 4.78 is 0. The van der Waals surface area contributed by atoms with Crippen molar-refractivity contribution in [1.29, 1.82) is 0 Å². The van der Waals surface area contributed by atoms with Crippen molar-refractivity contribution in [1.82, 2.24) is 15.2 Å². The molecule has 0 spiro atoms. The summed E-state index contributed by atoms with van der Waals surface area (Å²) in [6.45, 7) is -0.519. The molecule has 3 atom stereocenters. The molecule has 3 aromatic rings. The molecule has 5 N–H and O–H groups in total. The van der Waals surface area contributed by atoms with Crippen LogP contribution < -0.4 is 16.4 Å². The zero-order chi connectivity index (χ0) is 24.8. The molecule has 1 aromatic heterocycles. The van der Waals surface area contributed by atoms with E-state index in [-0.39, 0.29) is 24.9 Å². The predicted molar refractivity (Wildman–Crippen MR) is 132 cm³/mol. The molecule has 0 unspecified atom stereocenters. The van der Waals surface area contributed by atoms with Crippen LogP contribution in [0, 0.1) is 0 Å². The molecular formula is C26H29N5O4. The molecule has 35 heavy (non-hydrogen) atoms. The van der Waals surface area contributed by atoms with E-state index in [1.165, 1.54) is 4.90 Å². The number of nitrogens with two attached hydrogens (primary N) is 1. The number of hydrogen-bond acceptors (Lipinski definition) is 6. The minimum atomic E-state index is -0.838. The number of likely N-dealkylation sites (tertiary alicyclic amines) is 1. The fourth-order valence-electron chi connectivity index (χ4n) is 4.36. The van der Waals surface area contributed by atoms with E-state index in [1.807, 2.05) is 54.6 Å². The Kier molecular flexibility index (Phi) is 7.69. The largest absolute Gasteiger partial charge is 0.387 e. The van der Waals surface area contributed by atoms with Gasteiger partial charge in [0.05, 0.1) is 5.52 Å². The number of fused-ring (bicyclic) bond motifs is 1. The maximum atomic E-state index is 13.3. The first-order valence-electron chi connectivity index (χ1n) is 11.6. The molecule has 0 aliphatic carbocycles. The van der Waals surface area contributed by atoms with Gasteiger partial charge in [-0.05, 0) is 49.1 Å². The Balaban J connectivity index is 1.50. The molecule has 0 saturated carbocycles. The third kappa shape index (κ3) is 6.00. The molecule has 3 amide bonds. The number of amides is 3. The smallest absolute Gasteiger partial charge is 0.249 e. The number of nitrogens with one attached hydrogen (secondary N) is 2. The molecule has 1 saturated heterocycles. The summed E-state index contributed by atoms with van der Waals surface area (Å²) in [5.74, 6) is -1.39. The minimum absolute atomic E-state index is 0.184. The lowest BCUT2D eigenvalue weighted by atomic mass is 10.0. The van der Waals surface area contributed by atoms with E-state index < -0.39 is 30.5 Å². The van der Waals surface area contributed by atoms with E-state index in [4.69, 9.17) is 5.73 Å². The van der Waals surface area contributed by atoms with Crippen LogP contribution >= 0.6 is 0 Å². The van der Waals surface area contributed by atoms with Gasteiger partial charge in [0.15, 0.2) is 0 Å². The lowest BCUT2D eigenvalue weighted by Gasteiger charge is -2.26. The third-order valence-electron chi connectivity index (χ3n) is 6.16. The molecule has 9 nitrogen and oxygen atoms in total. The van der Waals surface area contributed by atoms with Gasteiger partial charge >= 0.3 is 0 Å². The van der Waals surface area contributed by atoms with Crippen molar-refractivity contribution in [2.75, 3.05) is 18.5 Å². The summed E-state index contributed by atoms with van der Waals surface area (Å²) in [6, 6.07) is 16.8. The zero-order valence-corrected chi connectivity index (χ0v) is 19.3. The standard InChI is InChI=1S/C26H29N5O4/c27-19-14-23(31(15-19)24(33)16-32)26(35)30-22(10-8-17-5-2-1-3-6-17)25(34)29-20-9-11-21-18(13-20)7-4-12-28-21/h1-7,9,11-13,19,22-23,32H,8,10,14-16,27H2,(H,29,34)(H,30,35)/t19-,22+,23+/m0/s1. The summed E-state index contributed by atoms with van der Waals surface area (Å²) >= 11 is 0. The lowest BCUT2D eigenvalue weighted by molar-refractivity contribution is -0.141. The van der Waals surface area contributed by atoms with Crippen LogP contribution in [-0.4, -0.2) is 64.0 Å². The van der Waals surface area contributed by atoms with E-state index in [0.717, 1.165) is 16.5 Å². The lowest BCUT2D eigenvalue weighted by Crippen LogP contribution is -2.52. The Hall–Kier alpha value is -3.82. The average Bonchev–Trinajstić information content (AvgIpc) is 3.28. The first kappa shape index (κ1) is 24.3. The maximum Gasteiger partial charge on any atom is 0.249 e. The molecule has 1 aliphatic rings. The molecule has 4 rings (SSSR count). The molecule has 9 heteroatoms. The average molecular weight is 476 g/mol. The summed E-state index contributed by atoms with van der Waals surface area (Å²) in [6.07, 6.45) is 2.91. The molecular weight excluding hydrogens is 446 g/mol. The second kappa shape index (κ2) is 11.1. The monoisotopic (exact) mass is 475 g/mol. The van der Waals surface area contributed by atoms with Crippen molar-refractivity contribution >= 4 is 34.3 Å². The topological polar surface area (TPSA) is 138 Å². The van der Waals surface area contributed by atoms with Crippen molar-refractivity contribution < 1.29 is 19.5 Å². The number of pyridine rings is 1. The second-order valence-corrected chi connectivity index (χ2v) is 8.70. The van der Waals surface area contributed by atoms with Crippen LogP contribution in [0.5, 0.6) is 0 Å². The highest BCUT2D eigenvalue weighted by Crippen LogP contribution is 2.20. The minimum Gasteiger partial charge on any atom is -0.387 e. The highest BCUT2D eigenvalue weighted by atomic mass is 16.3. The van der Waals surface area contributed by atoms with E-state index in [0.29, 0.717) is 18.5 Å². The van der Waals surface area contributed by atoms with Crippen molar-refractivity contribution in [2.45, 2.75) is 37.4 Å². The summed E-state index contributed by atoms with van der Waals surface area (Å²) in [7, 11) is 0. The maximum absolute atomic E-state index is 13.3. The Morgan fingerprint density at radius 1 is 1.11 bits per heavy atom. The number of rotatable bonds is 8. The Morgan fingerprint density at radius 2 is 1.91 bits per heavy atom. The summed E-state index contributed by atoms with van der Waals surface area (Å²) in [5, 5.41) is 15.9. The molecule has 0 radical (unpaired) electrons. The van der Waals surface area contributed by atoms with Gasteiger partial charge in [0, 0.05) is 29.9 Å². The first-order chi connectivity index (χ1) is 16.9. The number of carbonyl (C=O) groups excluding carboxylic acids is 3. The number of aromatic nitrogens is 1. The highest BCUT2D eigenvalue weighted by molar-refractivity contribution is 5.99. The number of aryl methyl sites for hydroxylation is 1. The van der Waals surface area contributed by atoms with Crippen LogP contribution in [0.15, 0.2) is 66.9 Å². The number of anilines is 1. The summed E-state index contributed by atoms with van der Waals surface area (Å²) in [5.41, 5.74) is 8.42. The number of benzene rings is 2. The SMILES string of the molecule is N[C@H]1C[C@H](C(=O)N[C@H](CCc2ccccc2)C(=O)Nc2ccc3ncccc3c2)N(C(=O)CO)C1. The molecule has 1 fully saturated rings. The van der Waals surface area contributed by atoms with E-state index in [2.05, 4.69) is 15.6 Å². The van der Waals surface area contributed by atoms with Gasteiger partial charge in [-0.25, -0.2) is 0 Å². The van der Waals surface area contributed by atoms with Gasteiger partial charge in [-0.1, -0.05) is 36.4 Å². The first-order valence-corrected chi connectivity index (χ1v) is 11.6. The van der Waals surface area contributed by atoms with Crippen LogP contribution in [0.25, 0.3) is 10.9 Å². The molecule has 2 heterocycles. The van der Waals surface area contributed by atoms with Crippen LogP contribution in [0.3, 0.4) is 0 Å². The van der Waals surface area contributed by atoms with Gasteiger partial charge in [0.2, 0.25) is 17.7 Å². The molecule has 1 aliphatic heterocycles. The fraction of sp³-hybridized carbons (Fsp3) is 0.308. The van der Waals surface area contributed by atoms with Crippen molar-refractivity contribution in [3.63, 3.8) is 0 Å². The van der Waals surface area contributed by atoms with Crippen LogP contribution in [0.2, 0.25) is 0 Å². The Morgan fingerprint density at radius 3 is 2.69 bits per heavy atom. The van der Waals surface area contributed by atoms with E-state index in [9.17, 15) is 19.5 Å². The normalized spacial score (nSPS) is 18.3. The molecule has 182 valence electrons. The van der Waals surface area contributed by atoms with Gasteiger partial charge in [-0.3, -0.25) is 19.4 Å². The van der Waals surface area contributed by atoms with E-state index >= 15 is 0 Å². The zero-order valence-electron chi connectivity index (χ0n) is 19.3. The predicted octanol–water partition coefficient (Wildman–Crippen LogP) is 1.21. The fourth-order valence-corrected chi connectivity index (χ4v) is 4.36. The number of hydrogen-bond donors (Lipinski definition) is 4. The van der Waals surface area contributed by atoms with Crippen molar-refractivity contribution in [2.24, 2.45) is 5.73 Å².